The van der Waals surface area contributed by atoms with E-state index in [4.69, 9.17) is 0 Å². The first-order chi connectivity index (χ1) is 12.3. The standard InChI is InChI=1S/C21H16N2OS/c24-20-17-13-7-8-14-18(17)25-21(20)19(15-9-3-1-4-10-15)23-22-16-11-5-2-6-12-16/h1-14,22,24H. The first-order valence-corrected chi connectivity index (χ1v) is 8.79. The number of hydrogen-bond acceptors (Lipinski definition) is 4. The molecule has 0 radical (unpaired) electrons. The minimum atomic E-state index is 0.276. The van der Waals surface area contributed by atoms with Gasteiger partial charge in [-0.2, -0.15) is 5.10 Å². The number of nitrogens with one attached hydrogen (secondary N) is 1. The second-order valence-electron chi connectivity index (χ2n) is 5.58. The van der Waals surface area contributed by atoms with Crippen LogP contribution >= 0.6 is 11.3 Å². The lowest BCUT2D eigenvalue weighted by Crippen LogP contribution is -2.05. The average molecular weight is 344 g/mol. The number of para-hydroxylation sites is 1. The number of anilines is 1. The maximum Gasteiger partial charge on any atom is 0.143 e. The van der Waals surface area contributed by atoms with Crippen molar-refractivity contribution in [1.82, 2.24) is 0 Å². The van der Waals surface area contributed by atoms with Gasteiger partial charge in [0.1, 0.15) is 11.5 Å². The van der Waals surface area contributed by atoms with Crippen molar-refractivity contribution in [1.29, 1.82) is 0 Å². The Morgan fingerprint density at radius 2 is 1.44 bits per heavy atom. The van der Waals surface area contributed by atoms with Gasteiger partial charge in [-0.1, -0.05) is 60.7 Å². The Morgan fingerprint density at radius 3 is 2.16 bits per heavy atom. The average Bonchev–Trinajstić information content (AvgIpc) is 3.01. The highest BCUT2D eigenvalue weighted by molar-refractivity contribution is 7.21. The van der Waals surface area contributed by atoms with Gasteiger partial charge < -0.3 is 5.11 Å². The zero-order valence-corrected chi connectivity index (χ0v) is 14.2. The van der Waals surface area contributed by atoms with Crippen LogP contribution in [0.2, 0.25) is 0 Å². The molecule has 4 aromatic rings. The number of fused-ring (bicyclic) bond motifs is 1. The molecule has 0 amide bonds. The Morgan fingerprint density at radius 1 is 0.800 bits per heavy atom. The van der Waals surface area contributed by atoms with Crippen molar-refractivity contribution >= 4 is 32.8 Å². The van der Waals surface area contributed by atoms with Gasteiger partial charge in [0.25, 0.3) is 0 Å². The van der Waals surface area contributed by atoms with Gasteiger partial charge in [-0.15, -0.1) is 11.3 Å². The molecular weight excluding hydrogens is 328 g/mol. The summed E-state index contributed by atoms with van der Waals surface area (Å²) in [4.78, 5) is 0.760. The zero-order chi connectivity index (χ0) is 17.1. The number of rotatable bonds is 4. The summed E-state index contributed by atoms with van der Waals surface area (Å²) in [5.74, 6) is 0.276. The molecule has 0 fully saturated rings. The first-order valence-electron chi connectivity index (χ1n) is 7.98. The summed E-state index contributed by atoms with van der Waals surface area (Å²) in [6.45, 7) is 0. The van der Waals surface area contributed by atoms with Crippen LogP contribution in [0.15, 0.2) is 90.0 Å². The normalized spacial score (nSPS) is 11.6. The largest absolute Gasteiger partial charge is 0.506 e. The summed E-state index contributed by atoms with van der Waals surface area (Å²) in [6.07, 6.45) is 0. The van der Waals surface area contributed by atoms with Gasteiger partial charge in [-0.05, 0) is 24.3 Å². The Hall–Kier alpha value is -3.11. The van der Waals surface area contributed by atoms with Crippen LogP contribution < -0.4 is 5.43 Å². The molecule has 0 saturated heterocycles. The van der Waals surface area contributed by atoms with Crippen LogP contribution in [0.4, 0.5) is 5.69 Å². The number of aromatic hydroxyl groups is 1. The van der Waals surface area contributed by atoms with Crippen molar-refractivity contribution in [2.75, 3.05) is 5.43 Å². The summed E-state index contributed by atoms with van der Waals surface area (Å²) in [5, 5.41) is 16.2. The van der Waals surface area contributed by atoms with Gasteiger partial charge in [0.15, 0.2) is 0 Å². The minimum absolute atomic E-state index is 0.276. The third kappa shape index (κ3) is 3.12. The fraction of sp³-hybridized carbons (Fsp3) is 0. The fourth-order valence-corrected chi connectivity index (χ4v) is 3.78. The maximum absolute atomic E-state index is 10.7. The molecule has 1 heterocycles. The number of thiophene rings is 1. The van der Waals surface area contributed by atoms with E-state index in [2.05, 4.69) is 10.5 Å². The molecule has 2 N–H and O–H groups in total. The minimum Gasteiger partial charge on any atom is -0.506 e. The molecule has 0 saturated carbocycles. The number of benzene rings is 3. The van der Waals surface area contributed by atoms with E-state index >= 15 is 0 Å². The highest BCUT2D eigenvalue weighted by atomic mass is 32.1. The molecule has 122 valence electrons. The topological polar surface area (TPSA) is 44.6 Å². The Labute approximate surface area is 149 Å². The second kappa shape index (κ2) is 6.79. The summed E-state index contributed by atoms with van der Waals surface area (Å²) < 4.78 is 1.04. The van der Waals surface area contributed by atoms with Gasteiger partial charge >= 0.3 is 0 Å². The SMILES string of the molecule is Oc1c(C(=NNc2ccccc2)c2ccccc2)sc2ccccc12. The predicted octanol–water partition coefficient (Wildman–Crippen LogP) is 5.47. The van der Waals surface area contributed by atoms with Crippen molar-refractivity contribution in [3.8, 4) is 5.75 Å². The summed E-state index contributed by atoms with van der Waals surface area (Å²) >= 11 is 1.54. The van der Waals surface area contributed by atoms with Crippen molar-refractivity contribution in [2.24, 2.45) is 5.10 Å². The molecule has 4 heteroatoms. The molecule has 0 unspecified atom stereocenters. The summed E-state index contributed by atoms with van der Waals surface area (Å²) in [7, 11) is 0. The number of hydrazone groups is 1. The molecule has 1 aromatic heterocycles. The fourth-order valence-electron chi connectivity index (χ4n) is 2.67. The van der Waals surface area contributed by atoms with Crippen LogP contribution in [0.1, 0.15) is 10.4 Å². The maximum atomic E-state index is 10.7. The number of nitrogens with zero attached hydrogens (tertiary/aromatic N) is 1. The third-order valence-corrected chi connectivity index (χ3v) is 5.07. The molecule has 4 rings (SSSR count). The quantitative estimate of drug-likeness (QED) is 0.381. The summed E-state index contributed by atoms with van der Waals surface area (Å²) in [5.41, 5.74) is 5.67. The summed E-state index contributed by atoms with van der Waals surface area (Å²) in [6, 6.07) is 27.5. The molecule has 0 bridgehead atoms. The highest BCUT2D eigenvalue weighted by Gasteiger charge is 2.17. The van der Waals surface area contributed by atoms with E-state index in [1.165, 1.54) is 0 Å². The van der Waals surface area contributed by atoms with Gasteiger partial charge in [0, 0.05) is 15.6 Å². The molecule has 0 aliphatic rings. The predicted molar refractivity (Wildman–Crippen MR) is 106 cm³/mol. The lowest BCUT2D eigenvalue weighted by Gasteiger charge is -2.07. The molecule has 0 aliphatic heterocycles. The Balaban J connectivity index is 1.83. The lowest BCUT2D eigenvalue weighted by atomic mass is 10.1. The van der Waals surface area contributed by atoms with E-state index in [0.717, 1.165) is 31.9 Å². The molecule has 0 aliphatic carbocycles. The van der Waals surface area contributed by atoms with Crippen molar-refractivity contribution in [2.45, 2.75) is 0 Å². The first kappa shape index (κ1) is 15.4. The Bertz CT molecular complexity index is 1020. The van der Waals surface area contributed by atoms with Crippen LogP contribution in [0, 0.1) is 0 Å². The second-order valence-corrected chi connectivity index (χ2v) is 6.63. The van der Waals surface area contributed by atoms with Crippen LogP contribution in [0.3, 0.4) is 0 Å². The smallest absolute Gasteiger partial charge is 0.143 e. The van der Waals surface area contributed by atoms with Gasteiger partial charge in [0.2, 0.25) is 0 Å². The monoisotopic (exact) mass is 344 g/mol. The lowest BCUT2D eigenvalue weighted by molar-refractivity contribution is 0.483. The zero-order valence-electron chi connectivity index (χ0n) is 13.4. The molecule has 0 spiro atoms. The molecule has 25 heavy (non-hydrogen) atoms. The number of hydrogen-bond donors (Lipinski definition) is 2. The van der Waals surface area contributed by atoms with E-state index in [1.54, 1.807) is 11.3 Å². The van der Waals surface area contributed by atoms with Gasteiger partial charge in [-0.25, -0.2) is 0 Å². The molecule has 3 aromatic carbocycles. The van der Waals surface area contributed by atoms with Crippen LogP contribution in [-0.2, 0) is 0 Å². The molecular formula is C21H16N2OS. The van der Waals surface area contributed by atoms with Crippen LogP contribution in [0.25, 0.3) is 10.1 Å². The van der Waals surface area contributed by atoms with E-state index in [1.807, 2.05) is 84.9 Å². The van der Waals surface area contributed by atoms with Crippen LogP contribution in [-0.4, -0.2) is 10.8 Å². The third-order valence-electron chi connectivity index (χ3n) is 3.90. The van der Waals surface area contributed by atoms with Crippen molar-refractivity contribution < 1.29 is 5.11 Å². The van der Waals surface area contributed by atoms with Crippen molar-refractivity contribution in [3.63, 3.8) is 0 Å². The van der Waals surface area contributed by atoms with E-state index in [0.29, 0.717) is 0 Å². The van der Waals surface area contributed by atoms with Crippen molar-refractivity contribution in [3.05, 3.63) is 95.4 Å². The highest BCUT2D eigenvalue weighted by Crippen LogP contribution is 2.38. The van der Waals surface area contributed by atoms with Gasteiger partial charge in [-0.3, -0.25) is 5.43 Å². The Kier molecular flexibility index (Phi) is 4.19. The van der Waals surface area contributed by atoms with Gasteiger partial charge in [0.05, 0.1) is 10.6 Å². The molecule has 0 atom stereocenters. The molecule has 3 nitrogen and oxygen atoms in total. The van der Waals surface area contributed by atoms with E-state index in [-0.39, 0.29) is 5.75 Å². The van der Waals surface area contributed by atoms with Crippen LogP contribution in [0.5, 0.6) is 5.75 Å². The van der Waals surface area contributed by atoms with E-state index in [9.17, 15) is 5.11 Å². The van der Waals surface area contributed by atoms with E-state index < -0.39 is 0 Å².